The average molecular weight is 378 g/mol. The molecule has 0 radical (unpaired) electrons. The van der Waals surface area contributed by atoms with Crippen LogP contribution in [0.5, 0.6) is 0 Å². The summed E-state index contributed by atoms with van der Waals surface area (Å²) >= 11 is 0. The topological polar surface area (TPSA) is 103 Å². The second-order valence-electron chi connectivity index (χ2n) is 6.14. The van der Waals surface area contributed by atoms with Crippen LogP contribution in [0, 0.1) is 5.92 Å². The number of fused-ring (bicyclic) bond motifs is 1. The first kappa shape index (κ1) is 18.0. The largest absolute Gasteiger partial charge is 0.467 e. The van der Waals surface area contributed by atoms with Gasteiger partial charge in [-0.05, 0) is 24.3 Å². The monoisotopic (exact) mass is 378 g/mol. The van der Waals surface area contributed by atoms with Gasteiger partial charge in [-0.25, -0.2) is 17.5 Å². The van der Waals surface area contributed by atoms with Gasteiger partial charge in [0.2, 0.25) is 5.91 Å². The van der Waals surface area contributed by atoms with Gasteiger partial charge < -0.3 is 8.83 Å². The molecule has 1 aromatic carbocycles. The van der Waals surface area contributed by atoms with Crippen molar-refractivity contribution in [1.82, 2.24) is 8.87 Å². The number of nitrogens with zero attached hydrogens (tertiary/aromatic N) is 2. The Morgan fingerprint density at radius 1 is 1.27 bits per heavy atom. The summed E-state index contributed by atoms with van der Waals surface area (Å²) in [5.41, 5.74) is 0.593. The smallest absolute Gasteiger partial charge is 0.419 e. The molecule has 2 aromatic heterocycles. The van der Waals surface area contributed by atoms with Gasteiger partial charge in [-0.3, -0.25) is 9.36 Å². The molecule has 3 rings (SSSR count). The summed E-state index contributed by atoms with van der Waals surface area (Å²) < 4.78 is 38.4. The number of hydrogen-bond donors (Lipinski definition) is 0. The van der Waals surface area contributed by atoms with Gasteiger partial charge in [0.05, 0.1) is 23.2 Å². The van der Waals surface area contributed by atoms with Gasteiger partial charge in [-0.2, -0.15) is 0 Å². The zero-order chi connectivity index (χ0) is 19.1. The molecule has 138 valence electrons. The van der Waals surface area contributed by atoms with Gasteiger partial charge in [0, 0.05) is 19.0 Å². The summed E-state index contributed by atoms with van der Waals surface area (Å²) in [4.78, 5) is 24.0. The molecule has 0 aliphatic rings. The van der Waals surface area contributed by atoms with Crippen molar-refractivity contribution in [1.29, 1.82) is 0 Å². The second kappa shape index (κ2) is 6.49. The molecule has 9 heteroatoms. The molecule has 0 N–H and O–H groups in total. The lowest BCUT2D eigenvalue weighted by molar-refractivity contribution is -0.130. The Balaban J connectivity index is 2.09. The Labute approximate surface area is 149 Å². The van der Waals surface area contributed by atoms with Crippen molar-refractivity contribution in [2.45, 2.75) is 25.3 Å². The van der Waals surface area contributed by atoms with Crippen LogP contribution >= 0.6 is 0 Å². The number of amides is 1. The molecule has 0 aliphatic heterocycles. The third-order valence-corrected chi connectivity index (χ3v) is 5.71. The highest BCUT2D eigenvalue weighted by Gasteiger charge is 2.32. The number of benzene rings is 1. The predicted molar refractivity (Wildman–Crippen MR) is 92.7 cm³/mol. The van der Waals surface area contributed by atoms with Gasteiger partial charge in [0.15, 0.2) is 5.58 Å². The fraction of sp³-hybridized carbons (Fsp3) is 0.294. The van der Waals surface area contributed by atoms with Gasteiger partial charge in [0.1, 0.15) is 5.76 Å². The van der Waals surface area contributed by atoms with Gasteiger partial charge in [-0.1, -0.05) is 13.8 Å². The quantitative estimate of drug-likeness (QED) is 0.674. The van der Waals surface area contributed by atoms with Crippen LogP contribution in [-0.4, -0.2) is 23.2 Å². The second-order valence-corrected chi connectivity index (χ2v) is 8.00. The molecule has 0 saturated heterocycles. The standard InChI is InChI=1S/C17H18N2O6S/c1-11(2)16(20)19(10-12-5-4-8-24-12)26(22,23)13-6-7-14-15(9-13)25-17(21)18(14)3/h4-9,11H,10H2,1-3H3. The zero-order valence-corrected chi connectivity index (χ0v) is 15.3. The van der Waals surface area contributed by atoms with Gasteiger partial charge >= 0.3 is 5.76 Å². The molecule has 3 aromatic rings. The summed E-state index contributed by atoms with van der Waals surface area (Å²) in [6.45, 7) is 3.02. The first-order valence-corrected chi connectivity index (χ1v) is 9.34. The Kier molecular flexibility index (Phi) is 4.49. The van der Waals surface area contributed by atoms with E-state index in [4.69, 9.17) is 8.83 Å². The van der Waals surface area contributed by atoms with E-state index in [0.717, 1.165) is 4.31 Å². The molecule has 0 saturated carbocycles. The number of aromatic nitrogens is 1. The van der Waals surface area contributed by atoms with Crippen LogP contribution in [0.1, 0.15) is 19.6 Å². The minimum absolute atomic E-state index is 0.133. The molecule has 0 spiro atoms. The van der Waals surface area contributed by atoms with E-state index in [1.165, 1.54) is 36.1 Å². The van der Waals surface area contributed by atoms with E-state index >= 15 is 0 Å². The highest BCUT2D eigenvalue weighted by Crippen LogP contribution is 2.24. The van der Waals surface area contributed by atoms with Crippen molar-refractivity contribution < 1.29 is 22.0 Å². The summed E-state index contributed by atoms with van der Waals surface area (Å²) in [6, 6.07) is 7.27. The van der Waals surface area contributed by atoms with Crippen LogP contribution in [0.3, 0.4) is 0 Å². The number of sulfonamides is 1. The minimum Gasteiger partial charge on any atom is -0.467 e. The molecule has 26 heavy (non-hydrogen) atoms. The Morgan fingerprint density at radius 2 is 2.00 bits per heavy atom. The lowest BCUT2D eigenvalue weighted by Crippen LogP contribution is -2.38. The fourth-order valence-electron chi connectivity index (χ4n) is 2.52. The molecule has 0 bridgehead atoms. The molecule has 0 fully saturated rings. The number of carbonyl (C=O) groups excluding carboxylic acids is 1. The molecule has 0 unspecified atom stereocenters. The molecule has 8 nitrogen and oxygen atoms in total. The molecule has 1 amide bonds. The summed E-state index contributed by atoms with van der Waals surface area (Å²) in [5, 5.41) is 0. The molecular formula is C17H18N2O6S. The van der Waals surface area contributed by atoms with Crippen LogP contribution in [0.25, 0.3) is 11.1 Å². The number of carbonyl (C=O) groups is 1. The highest BCUT2D eigenvalue weighted by atomic mass is 32.2. The predicted octanol–water partition coefficient (Wildman–Crippen LogP) is 2.10. The number of oxazole rings is 1. The maximum atomic E-state index is 13.1. The summed E-state index contributed by atoms with van der Waals surface area (Å²) in [5.74, 6) is -1.34. The SMILES string of the molecule is CC(C)C(=O)N(Cc1ccco1)S(=O)(=O)c1ccc2c(c1)oc(=O)n2C. The van der Waals surface area contributed by atoms with E-state index in [9.17, 15) is 18.0 Å². The van der Waals surface area contributed by atoms with Crippen molar-refractivity contribution >= 4 is 27.0 Å². The van der Waals surface area contributed by atoms with Crippen LogP contribution in [-0.2, 0) is 28.4 Å². The first-order chi connectivity index (χ1) is 12.2. The minimum atomic E-state index is -4.16. The van der Waals surface area contributed by atoms with Crippen molar-refractivity contribution in [2.24, 2.45) is 13.0 Å². The van der Waals surface area contributed by atoms with Crippen molar-refractivity contribution in [3.8, 4) is 0 Å². The normalized spacial score (nSPS) is 12.0. The third kappa shape index (κ3) is 3.05. The Hall–Kier alpha value is -2.81. The lowest BCUT2D eigenvalue weighted by Gasteiger charge is -2.23. The van der Waals surface area contributed by atoms with Crippen molar-refractivity contribution in [3.05, 3.63) is 52.9 Å². The molecular weight excluding hydrogens is 360 g/mol. The van der Waals surface area contributed by atoms with E-state index in [0.29, 0.717) is 11.3 Å². The average Bonchev–Trinajstić information content (AvgIpc) is 3.20. The number of furan rings is 1. The van der Waals surface area contributed by atoms with Gasteiger partial charge in [0.25, 0.3) is 10.0 Å². The van der Waals surface area contributed by atoms with Crippen LogP contribution in [0.4, 0.5) is 0 Å². The van der Waals surface area contributed by atoms with E-state index in [1.54, 1.807) is 26.0 Å². The lowest BCUT2D eigenvalue weighted by atomic mass is 10.2. The Morgan fingerprint density at radius 3 is 2.62 bits per heavy atom. The molecule has 2 heterocycles. The van der Waals surface area contributed by atoms with E-state index in [2.05, 4.69) is 0 Å². The molecule has 0 atom stereocenters. The highest BCUT2D eigenvalue weighted by molar-refractivity contribution is 7.89. The summed E-state index contributed by atoms with van der Waals surface area (Å²) in [6.07, 6.45) is 1.41. The maximum absolute atomic E-state index is 13.1. The van der Waals surface area contributed by atoms with E-state index in [-0.39, 0.29) is 17.0 Å². The van der Waals surface area contributed by atoms with Gasteiger partial charge in [-0.15, -0.1) is 0 Å². The summed E-state index contributed by atoms with van der Waals surface area (Å²) in [7, 11) is -2.64. The number of rotatable bonds is 5. The third-order valence-electron chi connectivity index (χ3n) is 3.97. The zero-order valence-electron chi connectivity index (χ0n) is 14.5. The van der Waals surface area contributed by atoms with Crippen LogP contribution in [0.15, 0.2) is 55.1 Å². The van der Waals surface area contributed by atoms with E-state index in [1.807, 2.05) is 0 Å². The van der Waals surface area contributed by atoms with Crippen molar-refractivity contribution in [2.75, 3.05) is 0 Å². The first-order valence-electron chi connectivity index (χ1n) is 7.90. The number of aryl methyl sites for hydroxylation is 1. The van der Waals surface area contributed by atoms with Crippen LogP contribution in [0.2, 0.25) is 0 Å². The fourth-order valence-corrected chi connectivity index (χ4v) is 4.01. The van der Waals surface area contributed by atoms with Crippen LogP contribution < -0.4 is 5.76 Å². The van der Waals surface area contributed by atoms with Crippen molar-refractivity contribution in [3.63, 3.8) is 0 Å². The Bertz CT molecular complexity index is 1110. The van der Waals surface area contributed by atoms with E-state index < -0.39 is 27.6 Å². The maximum Gasteiger partial charge on any atom is 0.419 e. The molecule has 0 aliphatic carbocycles. The number of hydrogen-bond acceptors (Lipinski definition) is 6.